The highest BCUT2D eigenvalue weighted by Crippen LogP contribution is 2.26. The van der Waals surface area contributed by atoms with Crippen molar-refractivity contribution in [2.75, 3.05) is 6.54 Å². The molecule has 1 atom stereocenters. The van der Waals surface area contributed by atoms with Crippen molar-refractivity contribution in [2.24, 2.45) is 0 Å². The van der Waals surface area contributed by atoms with Crippen molar-refractivity contribution in [3.63, 3.8) is 0 Å². The van der Waals surface area contributed by atoms with E-state index >= 15 is 0 Å². The van der Waals surface area contributed by atoms with Crippen LogP contribution >= 0.6 is 0 Å². The topological polar surface area (TPSA) is 37.4 Å². The van der Waals surface area contributed by atoms with Crippen LogP contribution in [-0.2, 0) is 9.59 Å². The molecule has 70 valence electrons. The van der Waals surface area contributed by atoms with Gasteiger partial charge in [-0.05, 0) is 19.3 Å². The summed E-state index contributed by atoms with van der Waals surface area (Å²) in [6.07, 6.45) is 6.22. The maximum absolute atomic E-state index is 11.5. The first-order valence-electron chi connectivity index (χ1n) is 4.77. The summed E-state index contributed by atoms with van der Waals surface area (Å²) in [7, 11) is 0. The molecule has 2 aliphatic heterocycles. The van der Waals surface area contributed by atoms with Gasteiger partial charge in [0.1, 0.15) is 6.29 Å². The SMILES string of the molecule is O=CC1=CCCN2C(=O)CCCC12. The van der Waals surface area contributed by atoms with Crippen LogP contribution in [0.25, 0.3) is 0 Å². The van der Waals surface area contributed by atoms with Gasteiger partial charge in [0.2, 0.25) is 5.91 Å². The molecule has 1 amide bonds. The quantitative estimate of drug-likeness (QED) is 0.561. The molecule has 0 aromatic rings. The molecule has 0 aliphatic carbocycles. The van der Waals surface area contributed by atoms with Crippen LogP contribution in [0.4, 0.5) is 0 Å². The van der Waals surface area contributed by atoms with E-state index in [0.717, 1.165) is 37.7 Å². The molecular weight excluding hydrogens is 166 g/mol. The second kappa shape index (κ2) is 3.32. The van der Waals surface area contributed by atoms with Crippen molar-refractivity contribution < 1.29 is 9.59 Å². The van der Waals surface area contributed by atoms with Crippen LogP contribution in [0.1, 0.15) is 25.7 Å². The van der Waals surface area contributed by atoms with Gasteiger partial charge < -0.3 is 4.90 Å². The van der Waals surface area contributed by atoms with E-state index in [2.05, 4.69) is 0 Å². The molecule has 2 rings (SSSR count). The van der Waals surface area contributed by atoms with Gasteiger partial charge in [0.05, 0.1) is 6.04 Å². The standard InChI is InChI=1S/C10H13NO2/c12-7-8-3-2-6-11-9(8)4-1-5-10(11)13/h3,7,9H,1-2,4-6H2. The number of rotatable bonds is 1. The second-order valence-corrected chi connectivity index (χ2v) is 3.61. The zero-order valence-electron chi connectivity index (χ0n) is 7.53. The number of aldehydes is 1. The summed E-state index contributed by atoms with van der Waals surface area (Å²) >= 11 is 0. The van der Waals surface area contributed by atoms with Crippen molar-refractivity contribution in [1.29, 1.82) is 0 Å². The van der Waals surface area contributed by atoms with Gasteiger partial charge in [-0.2, -0.15) is 0 Å². The van der Waals surface area contributed by atoms with E-state index < -0.39 is 0 Å². The Hall–Kier alpha value is -1.12. The lowest BCUT2D eigenvalue weighted by Crippen LogP contribution is -2.47. The van der Waals surface area contributed by atoms with E-state index in [1.54, 1.807) is 0 Å². The molecular formula is C10H13NO2. The number of carbonyl (C=O) groups is 2. The van der Waals surface area contributed by atoms with E-state index in [1.807, 2.05) is 11.0 Å². The number of carbonyl (C=O) groups excluding carboxylic acids is 2. The summed E-state index contributed by atoms with van der Waals surface area (Å²) in [6, 6.07) is 0.0903. The van der Waals surface area contributed by atoms with Crippen LogP contribution in [0.15, 0.2) is 11.6 Å². The van der Waals surface area contributed by atoms with E-state index in [4.69, 9.17) is 0 Å². The Balaban J connectivity index is 2.23. The third kappa shape index (κ3) is 1.39. The molecule has 0 aromatic heterocycles. The van der Waals surface area contributed by atoms with Gasteiger partial charge in [-0.15, -0.1) is 0 Å². The maximum Gasteiger partial charge on any atom is 0.223 e. The number of nitrogens with zero attached hydrogens (tertiary/aromatic N) is 1. The fourth-order valence-corrected chi connectivity index (χ4v) is 2.18. The highest BCUT2D eigenvalue weighted by molar-refractivity contribution is 5.82. The molecule has 1 saturated heterocycles. The predicted molar refractivity (Wildman–Crippen MR) is 48.1 cm³/mol. The van der Waals surface area contributed by atoms with Crippen molar-refractivity contribution in [3.05, 3.63) is 11.6 Å². The Morgan fingerprint density at radius 2 is 2.38 bits per heavy atom. The van der Waals surface area contributed by atoms with Crippen molar-refractivity contribution in [2.45, 2.75) is 31.7 Å². The number of piperidine rings is 1. The van der Waals surface area contributed by atoms with Gasteiger partial charge in [-0.3, -0.25) is 9.59 Å². The number of fused-ring (bicyclic) bond motifs is 1. The van der Waals surface area contributed by atoms with Crippen LogP contribution in [0, 0.1) is 0 Å². The van der Waals surface area contributed by atoms with Gasteiger partial charge in [0.15, 0.2) is 0 Å². The van der Waals surface area contributed by atoms with Gasteiger partial charge in [-0.25, -0.2) is 0 Å². The molecule has 2 heterocycles. The highest BCUT2D eigenvalue weighted by Gasteiger charge is 2.31. The highest BCUT2D eigenvalue weighted by atomic mass is 16.2. The van der Waals surface area contributed by atoms with Crippen LogP contribution in [0.2, 0.25) is 0 Å². The van der Waals surface area contributed by atoms with Gasteiger partial charge in [-0.1, -0.05) is 6.08 Å². The van der Waals surface area contributed by atoms with Crippen LogP contribution in [0.5, 0.6) is 0 Å². The zero-order valence-corrected chi connectivity index (χ0v) is 7.53. The third-order valence-electron chi connectivity index (χ3n) is 2.84. The minimum atomic E-state index is 0.0903. The molecule has 0 spiro atoms. The first kappa shape index (κ1) is 8.48. The molecule has 0 radical (unpaired) electrons. The van der Waals surface area contributed by atoms with Crippen molar-refractivity contribution >= 4 is 12.2 Å². The molecule has 13 heavy (non-hydrogen) atoms. The monoisotopic (exact) mass is 179 g/mol. The minimum Gasteiger partial charge on any atom is -0.335 e. The normalized spacial score (nSPS) is 28.0. The Morgan fingerprint density at radius 3 is 3.15 bits per heavy atom. The summed E-state index contributed by atoms with van der Waals surface area (Å²) in [5.74, 6) is 0.212. The zero-order chi connectivity index (χ0) is 9.26. The first-order chi connectivity index (χ1) is 6.33. The average Bonchev–Trinajstić information content (AvgIpc) is 2.18. The van der Waals surface area contributed by atoms with Crippen molar-refractivity contribution in [3.8, 4) is 0 Å². The average molecular weight is 179 g/mol. The van der Waals surface area contributed by atoms with Crippen LogP contribution in [0.3, 0.4) is 0 Å². The summed E-state index contributed by atoms with van der Waals surface area (Å²) in [5, 5.41) is 0. The Kier molecular flexibility index (Phi) is 2.17. The Labute approximate surface area is 77.4 Å². The number of hydrogen-bond acceptors (Lipinski definition) is 2. The van der Waals surface area contributed by atoms with E-state index in [9.17, 15) is 9.59 Å². The van der Waals surface area contributed by atoms with Crippen molar-refractivity contribution in [1.82, 2.24) is 4.90 Å². The molecule has 0 bridgehead atoms. The fraction of sp³-hybridized carbons (Fsp3) is 0.600. The smallest absolute Gasteiger partial charge is 0.223 e. The molecule has 2 aliphatic rings. The van der Waals surface area contributed by atoms with Gasteiger partial charge in [0, 0.05) is 18.5 Å². The van der Waals surface area contributed by atoms with Crippen LogP contribution < -0.4 is 0 Å². The van der Waals surface area contributed by atoms with Gasteiger partial charge in [0.25, 0.3) is 0 Å². The lowest BCUT2D eigenvalue weighted by Gasteiger charge is -2.38. The first-order valence-corrected chi connectivity index (χ1v) is 4.77. The van der Waals surface area contributed by atoms with E-state index in [-0.39, 0.29) is 11.9 Å². The molecule has 0 N–H and O–H groups in total. The van der Waals surface area contributed by atoms with Crippen LogP contribution in [-0.4, -0.2) is 29.7 Å². The number of amides is 1. The molecule has 0 aromatic carbocycles. The van der Waals surface area contributed by atoms with E-state index in [1.165, 1.54) is 0 Å². The summed E-state index contributed by atoms with van der Waals surface area (Å²) in [6.45, 7) is 0.792. The predicted octanol–water partition coefficient (Wildman–Crippen LogP) is 0.897. The lowest BCUT2D eigenvalue weighted by atomic mass is 9.92. The maximum atomic E-state index is 11.5. The molecule has 1 unspecified atom stereocenters. The largest absolute Gasteiger partial charge is 0.335 e. The second-order valence-electron chi connectivity index (χ2n) is 3.61. The Bertz CT molecular complexity index is 270. The van der Waals surface area contributed by atoms with E-state index in [0.29, 0.717) is 6.42 Å². The minimum absolute atomic E-state index is 0.0903. The summed E-state index contributed by atoms with van der Waals surface area (Å²) < 4.78 is 0. The molecule has 3 heteroatoms. The lowest BCUT2D eigenvalue weighted by molar-refractivity contribution is -0.135. The Morgan fingerprint density at radius 1 is 1.54 bits per heavy atom. The third-order valence-corrected chi connectivity index (χ3v) is 2.84. The molecule has 0 saturated carbocycles. The summed E-state index contributed by atoms with van der Waals surface area (Å²) in [4.78, 5) is 24.0. The number of hydrogen-bond donors (Lipinski definition) is 0. The summed E-state index contributed by atoms with van der Waals surface area (Å²) in [5.41, 5.74) is 0.805. The molecule has 1 fully saturated rings. The fourth-order valence-electron chi connectivity index (χ4n) is 2.18. The molecule has 3 nitrogen and oxygen atoms in total. The van der Waals surface area contributed by atoms with Gasteiger partial charge >= 0.3 is 0 Å².